The van der Waals surface area contributed by atoms with E-state index in [0.29, 0.717) is 19.7 Å². The van der Waals surface area contributed by atoms with Crippen LogP contribution in [0.3, 0.4) is 0 Å². The minimum atomic E-state index is -0.200. The van der Waals surface area contributed by atoms with Gasteiger partial charge in [0.2, 0.25) is 0 Å². The van der Waals surface area contributed by atoms with Gasteiger partial charge in [0.1, 0.15) is 12.9 Å². The maximum Gasteiger partial charge on any atom is 0.310 e. The van der Waals surface area contributed by atoms with Gasteiger partial charge in [0, 0.05) is 19.3 Å². The monoisotopic (exact) mass is 285 g/mol. The molecule has 1 aromatic carbocycles. The Bertz CT molecular complexity index is 546. The van der Waals surface area contributed by atoms with Crippen molar-refractivity contribution >= 4 is 5.97 Å². The van der Waals surface area contributed by atoms with E-state index in [1.165, 1.54) is 6.33 Å². The average Bonchev–Trinajstić information content (AvgIpc) is 2.54. The summed E-state index contributed by atoms with van der Waals surface area (Å²) in [6, 6.07) is 11.5. The second kappa shape index (κ2) is 8.11. The van der Waals surface area contributed by atoms with Gasteiger partial charge in [-0.25, -0.2) is 9.97 Å². The van der Waals surface area contributed by atoms with Gasteiger partial charge in [0.25, 0.3) is 0 Å². The molecule has 0 fully saturated rings. The van der Waals surface area contributed by atoms with Crippen molar-refractivity contribution in [2.24, 2.45) is 5.92 Å². The molecule has 0 bridgehead atoms. The van der Waals surface area contributed by atoms with E-state index < -0.39 is 0 Å². The predicted octanol–water partition coefficient (Wildman–Crippen LogP) is 1.95. The summed E-state index contributed by atoms with van der Waals surface area (Å²) >= 11 is 0. The Hall–Kier alpha value is -2.27. The van der Waals surface area contributed by atoms with Crippen LogP contribution in [0.25, 0.3) is 0 Å². The number of carbonyl (C=O) groups excluding carboxylic acids is 1. The zero-order valence-electron chi connectivity index (χ0n) is 12.0. The van der Waals surface area contributed by atoms with Crippen molar-refractivity contribution < 1.29 is 9.53 Å². The third-order valence-electron chi connectivity index (χ3n) is 3.03. The Morgan fingerprint density at radius 1 is 1.29 bits per heavy atom. The highest BCUT2D eigenvalue weighted by Gasteiger charge is 2.14. The number of nitrogens with one attached hydrogen (secondary N) is 1. The third-order valence-corrected chi connectivity index (χ3v) is 3.03. The van der Waals surface area contributed by atoms with Crippen LogP contribution >= 0.6 is 0 Å². The van der Waals surface area contributed by atoms with Crippen LogP contribution in [0.15, 0.2) is 48.9 Å². The first kappa shape index (κ1) is 15.1. The average molecular weight is 285 g/mol. The number of ether oxygens (including phenoxy) is 1. The van der Waals surface area contributed by atoms with Crippen LogP contribution in [0, 0.1) is 5.92 Å². The molecule has 0 aliphatic carbocycles. The minimum Gasteiger partial charge on any atom is -0.461 e. The molecule has 1 heterocycles. The Morgan fingerprint density at radius 2 is 2.10 bits per heavy atom. The molecule has 1 atom stereocenters. The van der Waals surface area contributed by atoms with E-state index in [9.17, 15) is 4.79 Å². The molecule has 1 unspecified atom stereocenters. The van der Waals surface area contributed by atoms with Crippen LogP contribution < -0.4 is 5.32 Å². The highest BCUT2D eigenvalue weighted by atomic mass is 16.5. The van der Waals surface area contributed by atoms with Crippen molar-refractivity contribution in [3.63, 3.8) is 0 Å². The van der Waals surface area contributed by atoms with Crippen molar-refractivity contribution in [2.45, 2.75) is 20.1 Å². The molecule has 1 aromatic heterocycles. The maximum atomic E-state index is 11.9. The summed E-state index contributed by atoms with van der Waals surface area (Å²) in [5.74, 6) is -0.399. The van der Waals surface area contributed by atoms with Crippen LogP contribution in [0.1, 0.15) is 18.2 Å². The number of benzene rings is 1. The van der Waals surface area contributed by atoms with Crippen LogP contribution in [0.2, 0.25) is 0 Å². The van der Waals surface area contributed by atoms with Crippen molar-refractivity contribution in [3.05, 3.63) is 60.2 Å². The summed E-state index contributed by atoms with van der Waals surface area (Å²) in [7, 11) is 0. The first-order valence-electron chi connectivity index (χ1n) is 6.92. The fourth-order valence-electron chi connectivity index (χ4n) is 1.79. The lowest BCUT2D eigenvalue weighted by atomic mass is 10.2. The van der Waals surface area contributed by atoms with Crippen LogP contribution in [0.5, 0.6) is 0 Å². The largest absolute Gasteiger partial charge is 0.461 e. The van der Waals surface area contributed by atoms with Gasteiger partial charge in [0.15, 0.2) is 0 Å². The lowest BCUT2D eigenvalue weighted by Gasteiger charge is -2.12. The van der Waals surface area contributed by atoms with Crippen molar-refractivity contribution in [2.75, 3.05) is 6.54 Å². The SMILES string of the molecule is CC(CNCc1ccncn1)C(=O)OCc1ccccc1. The molecule has 0 spiro atoms. The quantitative estimate of drug-likeness (QED) is 0.788. The van der Waals surface area contributed by atoms with Crippen molar-refractivity contribution in [3.8, 4) is 0 Å². The van der Waals surface area contributed by atoms with Crippen LogP contribution in [-0.4, -0.2) is 22.5 Å². The number of hydrogen-bond donors (Lipinski definition) is 1. The number of aromatic nitrogens is 2. The molecule has 0 amide bonds. The van der Waals surface area contributed by atoms with Gasteiger partial charge in [-0.3, -0.25) is 4.79 Å². The molecule has 110 valence electrons. The van der Waals surface area contributed by atoms with Gasteiger partial charge in [-0.1, -0.05) is 37.3 Å². The Kier molecular flexibility index (Phi) is 5.84. The number of esters is 1. The zero-order valence-corrected chi connectivity index (χ0v) is 12.0. The van der Waals surface area contributed by atoms with E-state index in [1.807, 2.05) is 43.3 Å². The van der Waals surface area contributed by atoms with E-state index in [-0.39, 0.29) is 11.9 Å². The standard InChI is InChI=1S/C16H19N3O2/c1-13(9-18-10-15-7-8-17-12-19-15)16(20)21-11-14-5-3-2-4-6-14/h2-8,12-13,18H,9-11H2,1H3. The molecule has 0 saturated carbocycles. The molecule has 5 nitrogen and oxygen atoms in total. The fraction of sp³-hybridized carbons (Fsp3) is 0.312. The van der Waals surface area contributed by atoms with E-state index in [0.717, 1.165) is 11.3 Å². The molecule has 1 N–H and O–H groups in total. The molecular formula is C16H19N3O2. The van der Waals surface area contributed by atoms with Crippen molar-refractivity contribution in [1.29, 1.82) is 0 Å². The number of rotatable bonds is 7. The highest BCUT2D eigenvalue weighted by molar-refractivity contribution is 5.72. The Morgan fingerprint density at radius 3 is 2.81 bits per heavy atom. The Balaban J connectivity index is 1.68. The van der Waals surface area contributed by atoms with Gasteiger partial charge in [-0.2, -0.15) is 0 Å². The second-order valence-corrected chi connectivity index (χ2v) is 4.83. The number of carbonyl (C=O) groups is 1. The van der Waals surface area contributed by atoms with Gasteiger partial charge >= 0.3 is 5.97 Å². The molecular weight excluding hydrogens is 266 g/mol. The fourth-order valence-corrected chi connectivity index (χ4v) is 1.79. The van der Waals surface area contributed by atoms with E-state index in [1.54, 1.807) is 6.20 Å². The summed E-state index contributed by atoms with van der Waals surface area (Å²) in [5.41, 5.74) is 1.89. The molecule has 2 rings (SSSR count). The molecule has 0 aliphatic rings. The molecule has 0 radical (unpaired) electrons. The van der Waals surface area contributed by atoms with Crippen LogP contribution in [-0.2, 0) is 22.7 Å². The predicted molar refractivity (Wildman–Crippen MR) is 79.1 cm³/mol. The van der Waals surface area contributed by atoms with Gasteiger partial charge in [-0.15, -0.1) is 0 Å². The van der Waals surface area contributed by atoms with Crippen LogP contribution in [0.4, 0.5) is 0 Å². The van der Waals surface area contributed by atoms with E-state index >= 15 is 0 Å². The van der Waals surface area contributed by atoms with Gasteiger partial charge < -0.3 is 10.1 Å². The molecule has 0 aliphatic heterocycles. The molecule has 0 saturated heterocycles. The molecule has 2 aromatic rings. The number of nitrogens with zero attached hydrogens (tertiary/aromatic N) is 2. The molecule has 5 heteroatoms. The second-order valence-electron chi connectivity index (χ2n) is 4.83. The first-order chi connectivity index (χ1) is 10.3. The van der Waals surface area contributed by atoms with Gasteiger partial charge in [0.05, 0.1) is 11.6 Å². The summed E-state index contributed by atoms with van der Waals surface area (Å²) in [5, 5.41) is 3.19. The zero-order chi connectivity index (χ0) is 14.9. The minimum absolute atomic E-state index is 0.199. The topological polar surface area (TPSA) is 64.1 Å². The van der Waals surface area contributed by atoms with Crippen molar-refractivity contribution in [1.82, 2.24) is 15.3 Å². The van der Waals surface area contributed by atoms with E-state index in [4.69, 9.17) is 4.74 Å². The summed E-state index contributed by atoms with van der Waals surface area (Å²) in [4.78, 5) is 19.8. The summed E-state index contributed by atoms with van der Waals surface area (Å²) in [6.45, 7) is 3.33. The van der Waals surface area contributed by atoms with Gasteiger partial charge in [-0.05, 0) is 11.6 Å². The Labute approximate surface area is 124 Å². The molecule has 21 heavy (non-hydrogen) atoms. The third kappa shape index (κ3) is 5.31. The highest BCUT2D eigenvalue weighted by Crippen LogP contribution is 2.04. The first-order valence-corrected chi connectivity index (χ1v) is 6.92. The lowest BCUT2D eigenvalue weighted by Crippen LogP contribution is -2.27. The summed E-state index contributed by atoms with van der Waals surface area (Å²) in [6.07, 6.45) is 3.20. The smallest absolute Gasteiger partial charge is 0.310 e. The lowest BCUT2D eigenvalue weighted by molar-refractivity contribution is -0.149. The maximum absolute atomic E-state index is 11.9. The number of hydrogen-bond acceptors (Lipinski definition) is 5. The summed E-state index contributed by atoms with van der Waals surface area (Å²) < 4.78 is 5.29. The normalized spacial score (nSPS) is 11.9. The van der Waals surface area contributed by atoms with E-state index in [2.05, 4.69) is 15.3 Å².